The molecule has 0 aromatic heterocycles. The molecule has 2 aliphatic rings. The fourth-order valence-electron chi connectivity index (χ4n) is 3.87. The predicted octanol–water partition coefficient (Wildman–Crippen LogP) is 4.00. The van der Waals surface area contributed by atoms with Crippen molar-refractivity contribution in [3.8, 4) is 0 Å². The molecule has 0 aromatic rings. The van der Waals surface area contributed by atoms with Crippen molar-refractivity contribution in [1.82, 2.24) is 0 Å². The van der Waals surface area contributed by atoms with Crippen LogP contribution in [0.3, 0.4) is 0 Å². The van der Waals surface area contributed by atoms with Crippen molar-refractivity contribution in [3.63, 3.8) is 0 Å². The smallest absolute Gasteiger partial charge is 0.0486 e. The van der Waals surface area contributed by atoms with Crippen LogP contribution in [0.25, 0.3) is 0 Å². The van der Waals surface area contributed by atoms with E-state index in [1.54, 1.807) is 0 Å². The largest absolute Gasteiger partial charge is 0.253 e. The Morgan fingerprint density at radius 2 is 1.48 bits per heavy atom. The fraction of sp³-hybridized carbons (Fsp3) is 1.00. The first-order chi connectivity index (χ1) is 10.7. The van der Waals surface area contributed by atoms with Crippen molar-refractivity contribution in [3.05, 3.63) is 0 Å². The van der Waals surface area contributed by atoms with Crippen molar-refractivity contribution in [2.45, 2.75) is 52.9 Å². The maximum atomic E-state index is 12.8. The summed E-state index contributed by atoms with van der Waals surface area (Å²) in [7, 11) is -4.23. The topological polar surface area (TPSA) is 70.3 Å². The minimum atomic E-state index is -2.28. The third-order valence-corrected chi connectivity index (χ3v) is 10.1. The molecule has 2 heterocycles. The molecule has 2 saturated heterocycles. The minimum Gasteiger partial charge on any atom is -0.253 e. The summed E-state index contributed by atoms with van der Waals surface area (Å²) in [6, 6.07) is 0. The zero-order chi connectivity index (χ0) is 17.1. The molecule has 1 atom stereocenters. The molecule has 0 aliphatic carbocycles. The van der Waals surface area contributed by atoms with Gasteiger partial charge in [-0.1, -0.05) is 20.8 Å². The molecule has 6 heteroatoms. The van der Waals surface area contributed by atoms with Gasteiger partial charge in [0.1, 0.15) is 0 Å². The molecule has 1 unspecified atom stereocenters. The van der Waals surface area contributed by atoms with Gasteiger partial charge in [-0.15, -0.1) is 0 Å². The number of nitrogens with zero attached hydrogens (tertiary/aromatic N) is 1. The van der Waals surface area contributed by atoms with Crippen LogP contribution in [0, 0.1) is 28.5 Å². The van der Waals surface area contributed by atoms with Crippen LogP contribution < -0.4 is 0 Å². The van der Waals surface area contributed by atoms with Crippen LogP contribution in [0.5, 0.6) is 0 Å². The van der Waals surface area contributed by atoms with Gasteiger partial charge in [-0.3, -0.25) is 4.78 Å². The van der Waals surface area contributed by atoms with Gasteiger partial charge < -0.3 is 0 Å². The Hall–Kier alpha value is -0.100. The van der Waals surface area contributed by atoms with Gasteiger partial charge in [-0.05, 0) is 55.8 Å². The highest BCUT2D eigenvalue weighted by Crippen LogP contribution is 2.29. The maximum Gasteiger partial charge on any atom is 0.0486 e. The van der Waals surface area contributed by atoms with E-state index >= 15 is 0 Å². The zero-order valence-electron chi connectivity index (χ0n) is 15.0. The van der Waals surface area contributed by atoms with Gasteiger partial charge in [-0.25, -0.2) is 12.8 Å². The summed E-state index contributed by atoms with van der Waals surface area (Å²) in [6.07, 6.45) is 4.93. The fourth-order valence-corrected chi connectivity index (χ4v) is 7.68. The molecular weight excluding hydrogens is 328 g/mol. The predicted molar refractivity (Wildman–Crippen MR) is 99.8 cm³/mol. The van der Waals surface area contributed by atoms with E-state index in [2.05, 4.69) is 25.1 Å². The van der Waals surface area contributed by atoms with Gasteiger partial charge in [0.2, 0.25) is 0 Å². The average molecular weight is 363 g/mol. The lowest BCUT2D eigenvalue weighted by Gasteiger charge is -2.29. The summed E-state index contributed by atoms with van der Waals surface area (Å²) in [5.41, 5.74) is 0. The second kappa shape index (κ2) is 7.85. The van der Waals surface area contributed by atoms with E-state index in [0.717, 1.165) is 49.5 Å². The summed E-state index contributed by atoms with van der Waals surface area (Å²) >= 11 is 0. The quantitative estimate of drug-likeness (QED) is 0.803. The molecule has 1 N–H and O–H groups in total. The van der Waals surface area contributed by atoms with Gasteiger partial charge >= 0.3 is 0 Å². The highest BCUT2D eigenvalue weighted by molar-refractivity contribution is 7.93. The Morgan fingerprint density at radius 1 is 0.957 bits per heavy atom. The monoisotopic (exact) mass is 362 g/mol. The van der Waals surface area contributed by atoms with Crippen molar-refractivity contribution >= 4 is 19.5 Å². The molecule has 2 aliphatic heterocycles. The van der Waals surface area contributed by atoms with Crippen LogP contribution in [-0.4, -0.2) is 38.0 Å². The second-order valence-corrected chi connectivity index (χ2v) is 13.0. The van der Waals surface area contributed by atoms with Crippen LogP contribution in [0.15, 0.2) is 4.36 Å². The van der Waals surface area contributed by atoms with Gasteiger partial charge in [0.25, 0.3) is 0 Å². The van der Waals surface area contributed by atoms with E-state index in [9.17, 15) is 8.42 Å². The number of hydrogen-bond acceptors (Lipinski definition) is 4. The maximum absolute atomic E-state index is 12.8. The average Bonchev–Trinajstić information content (AvgIpc) is 2.47. The van der Waals surface area contributed by atoms with E-state index in [4.69, 9.17) is 4.78 Å². The molecule has 4 nitrogen and oxygen atoms in total. The molecular formula is C17H34N2O2S2. The lowest BCUT2D eigenvalue weighted by molar-refractivity contribution is 0.318. The highest BCUT2D eigenvalue weighted by atomic mass is 32.2. The first-order valence-corrected chi connectivity index (χ1v) is 12.9. The molecule has 0 radical (unpaired) electrons. The molecule has 0 amide bonds. The molecule has 0 bridgehead atoms. The molecule has 136 valence electrons. The van der Waals surface area contributed by atoms with Gasteiger partial charge in [0.05, 0.1) is 0 Å². The van der Waals surface area contributed by atoms with Crippen molar-refractivity contribution in [2.24, 2.45) is 28.0 Å². The van der Waals surface area contributed by atoms with Gasteiger partial charge in [-0.2, -0.15) is 0 Å². The molecule has 0 aromatic carbocycles. The normalized spacial score (nSPS) is 40.0. The zero-order valence-corrected chi connectivity index (χ0v) is 16.6. The van der Waals surface area contributed by atoms with Crippen LogP contribution in [0.1, 0.15) is 52.9 Å². The van der Waals surface area contributed by atoms with Gasteiger partial charge in [0.15, 0.2) is 0 Å². The minimum absolute atomic E-state index is 0.532. The van der Waals surface area contributed by atoms with Crippen molar-refractivity contribution < 1.29 is 8.42 Å². The van der Waals surface area contributed by atoms with Crippen LogP contribution in [-0.2, 0) is 19.5 Å². The Labute approximate surface area is 143 Å². The van der Waals surface area contributed by atoms with Crippen LogP contribution in [0.2, 0.25) is 0 Å². The van der Waals surface area contributed by atoms with E-state index in [0.29, 0.717) is 35.8 Å². The third-order valence-electron chi connectivity index (χ3n) is 5.91. The number of rotatable bonds is 5. The first-order valence-electron chi connectivity index (χ1n) is 9.13. The van der Waals surface area contributed by atoms with E-state index in [1.165, 1.54) is 0 Å². The summed E-state index contributed by atoms with van der Waals surface area (Å²) in [4.78, 5) is 0. The standard InChI is InChI=1S/C17H34N2O2S2/c1-14(2)16-7-12-23(21,13-8-16)19-9-4-15(3)17-5-10-22(18,20)11-6-17/h14-18H,4-13H2,1-3H3. The van der Waals surface area contributed by atoms with Gasteiger partial charge in [0, 0.05) is 49.0 Å². The lowest BCUT2D eigenvalue weighted by Crippen LogP contribution is -2.27. The van der Waals surface area contributed by atoms with E-state index < -0.39 is 19.5 Å². The molecule has 2 rings (SSSR count). The number of nitrogens with one attached hydrogen (secondary N) is 1. The Balaban J connectivity index is 1.79. The SMILES string of the molecule is CC(C)C1CCS(=O)(=NCCC(C)C2CCS(=N)(=O)CC2)CC1. The summed E-state index contributed by atoms with van der Waals surface area (Å²) in [6.45, 7) is 7.46. The Kier molecular flexibility index (Phi) is 6.57. The van der Waals surface area contributed by atoms with Crippen LogP contribution in [0.4, 0.5) is 0 Å². The molecule has 0 saturated carbocycles. The number of hydrogen-bond donors (Lipinski definition) is 1. The third kappa shape index (κ3) is 5.73. The van der Waals surface area contributed by atoms with Crippen LogP contribution >= 0.6 is 0 Å². The first kappa shape index (κ1) is 19.2. The van der Waals surface area contributed by atoms with Crippen molar-refractivity contribution in [1.29, 1.82) is 4.78 Å². The Bertz CT molecular complexity index is 576. The van der Waals surface area contributed by atoms with E-state index in [1.807, 2.05) is 0 Å². The summed E-state index contributed by atoms with van der Waals surface area (Å²) in [5, 5.41) is 0. The van der Waals surface area contributed by atoms with E-state index in [-0.39, 0.29) is 0 Å². The second-order valence-electron chi connectivity index (χ2n) is 7.94. The molecule has 0 spiro atoms. The Morgan fingerprint density at radius 3 is 2.00 bits per heavy atom. The summed E-state index contributed by atoms with van der Waals surface area (Å²) in [5.74, 6) is 5.21. The molecule has 23 heavy (non-hydrogen) atoms. The highest BCUT2D eigenvalue weighted by Gasteiger charge is 2.26. The summed E-state index contributed by atoms with van der Waals surface area (Å²) < 4.78 is 36.8. The lowest BCUT2D eigenvalue weighted by atomic mass is 9.87. The van der Waals surface area contributed by atoms with Crippen molar-refractivity contribution in [2.75, 3.05) is 29.6 Å². The molecule has 2 fully saturated rings.